The SMILES string of the molecule is CC(C#N)n1cc(Cl)c([N+](=O)[O-])n1. The summed E-state index contributed by atoms with van der Waals surface area (Å²) >= 11 is 5.51. The zero-order chi connectivity index (χ0) is 10.0. The minimum atomic E-state index is -0.692. The first-order valence-electron chi connectivity index (χ1n) is 3.35. The molecule has 0 N–H and O–H groups in total. The van der Waals surface area contributed by atoms with Gasteiger partial charge >= 0.3 is 5.82 Å². The van der Waals surface area contributed by atoms with Crippen molar-refractivity contribution in [3.63, 3.8) is 0 Å². The normalized spacial score (nSPS) is 12.1. The molecule has 1 aromatic rings. The lowest BCUT2D eigenvalue weighted by molar-refractivity contribution is -0.389. The highest BCUT2D eigenvalue weighted by Gasteiger charge is 2.21. The first-order valence-corrected chi connectivity index (χ1v) is 3.72. The van der Waals surface area contributed by atoms with E-state index in [1.807, 2.05) is 6.07 Å². The Hall–Kier alpha value is -1.61. The van der Waals surface area contributed by atoms with Crippen LogP contribution in [0.2, 0.25) is 5.02 Å². The van der Waals surface area contributed by atoms with Gasteiger partial charge in [-0.1, -0.05) is 11.6 Å². The fourth-order valence-electron chi connectivity index (χ4n) is 0.741. The van der Waals surface area contributed by atoms with Gasteiger partial charge in [0.05, 0.1) is 17.4 Å². The van der Waals surface area contributed by atoms with Gasteiger partial charge in [0.15, 0.2) is 11.1 Å². The summed E-state index contributed by atoms with van der Waals surface area (Å²) in [6.07, 6.45) is 1.26. The minimum absolute atomic E-state index is 0.0629. The standard InChI is InChI=1S/C6H5ClN4O2/c1-4(2-8)10-3-5(7)6(9-10)11(12)13/h3-4H,1H3. The highest BCUT2D eigenvalue weighted by atomic mass is 35.5. The van der Waals surface area contributed by atoms with Gasteiger partial charge in [-0.05, 0) is 11.8 Å². The molecule has 7 heteroatoms. The van der Waals surface area contributed by atoms with Crippen LogP contribution in [0.15, 0.2) is 6.20 Å². The van der Waals surface area contributed by atoms with Crippen LogP contribution in [0.4, 0.5) is 5.82 Å². The highest BCUT2D eigenvalue weighted by molar-refractivity contribution is 6.32. The molecule has 1 atom stereocenters. The van der Waals surface area contributed by atoms with Crippen LogP contribution in [-0.4, -0.2) is 14.7 Å². The molecule has 1 aromatic heterocycles. The molecule has 0 aromatic carbocycles. The van der Waals surface area contributed by atoms with Crippen molar-refractivity contribution >= 4 is 17.4 Å². The van der Waals surface area contributed by atoms with E-state index in [1.54, 1.807) is 6.92 Å². The molecule has 13 heavy (non-hydrogen) atoms. The zero-order valence-electron chi connectivity index (χ0n) is 6.64. The molecule has 0 aliphatic rings. The van der Waals surface area contributed by atoms with Crippen molar-refractivity contribution in [3.05, 3.63) is 21.3 Å². The summed E-state index contributed by atoms with van der Waals surface area (Å²) in [5, 5.41) is 22.3. The fraction of sp³-hybridized carbons (Fsp3) is 0.333. The summed E-state index contributed by atoms with van der Waals surface area (Å²) in [5.41, 5.74) is 0. The second kappa shape index (κ2) is 3.41. The van der Waals surface area contributed by atoms with Gasteiger partial charge in [-0.15, -0.1) is 0 Å². The van der Waals surface area contributed by atoms with Crippen LogP contribution in [0, 0.1) is 21.4 Å². The van der Waals surface area contributed by atoms with Crippen LogP contribution >= 0.6 is 11.6 Å². The predicted octanol–water partition coefficient (Wildman–Crippen LogP) is 1.53. The van der Waals surface area contributed by atoms with Crippen molar-refractivity contribution in [3.8, 4) is 6.07 Å². The summed E-state index contributed by atoms with van der Waals surface area (Å²) in [7, 11) is 0. The number of hydrogen-bond acceptors (Lipinski definition) is 4. The van der Waals surface area contributed by atoms with Crippen LogP contribution in [0.1, 0.15) is 13.0 Å². The van der Waals surface area contributed by atoms with Crippen molar-refractivity contribution in [2.45, 2.75) is 13.0 Å². The molecule has 0 aliphatic carbocycles. The first-order chi connectivity index (χ1) is 6.06. The molecule has 68 valence electrons. The second-order valence-electron chi connectivity index (χ2n) is 2.34. The van der Waals surface area contributed by atoms with E-state index in [4.69, 9.17) is 16.9 Å². The third-order valence-electron chi connectivity index (χ3n) is 1.43. The van der Waals surface area contributed by atoms with E-state index >= 15 is 0 Å². The lowest BCUT2D eigenvalue weighted by Gasteiger charge is -1.93. The average Bonchev–Trinajstić information content (AvgIpc) is 2.46. The molecule has 0 aliphatic heterocycles. The van der Waals surface area contributed by atoms with E-state index in [0.29, 0.717) is 0 Å². The summed E-state index contributed by atoms with van der Waals surface area (Å²) in [4.78, 5) is 9.62. The van der Waals surface area contributed by atoms with Crippen LogP contribution in [0.3, 0.4) is 0 Å². The topological polar surface area (TPSA) is 84.8 Å². The van der Waals surface area contributed by atoms with Crippen LogP contribution < -0.4 is 0 Å². The van der Waals surface area contributed by atoms with Gasteiger partial charge in [0.2, 0.25) is 0 Å². The summed E-state index contributed by atoms with van der Waals surface area (Å²) < 4.78 is 1.15. The van der Waals surface area contributed by atoms with Gasteiger partial charge < -0.3 is 10.1 Å². The van der Waals surface area contributed by atoms with E-state index in [0.717, 1.165) is 4.68 Å². The molecule has 1 unspecified atom stereocenters. The molecular formula is C6H5ClN4O2. The van der Waals surface area contributed by atoms with Crippen LogP contribution in [-0.2, 0) is 0 Å². The zero-order valence-corrected chi connectivity index (χ0v) is 7.39. The quantitative estimate of drug-likeness (QED) is 0.535. The van der Waals surface area contributed by atoms with Gasteiger partial charge in [0.25, 0.3) is 0 Å². The third kappa shape index (κ3) is 1.76. The van der Waals surface area contributed by atoms with Crippen molar-refractivity contribution in [1.29, 1.82) is 5.26 Å². The van der Waals surface area contributed by atoms with E-state index in [-0.39, 0.29) is 5.02 Å². The molecule has 0 radical (unpaired) electrons. The van der Waals surface area contributed by atoms with Gasteiger partial charge in [0.1, 0.15) is 0 Å². The molecule has 1 rings (SSSR count). The summed E-state index contributed by atoms with van der Waals surface area (Å²) in [5.74, 6) is -0.427. The lowest BCUT2D eigenvalue weighted by atomic mass is 10.4. The van der Waals surface area contributed by atoms with E-state index in [1.165, 1.54) is 6.20 Å². The molecule has 0 bridgehead atoms. The van der Waals surface area contributed by atoms with E-state index in [9.17, 15) is 10.1 Å². The summed E-state index contributed by atoms with van der Waals surface area (Å²) in [6, 6.07) is 1.32. The number of nitriles is 1. The summed E-state index contributed by atoms with van der Waals surface area (Å²) in [6.45, 7) is 1.56. The van der Waals surface area contributed by atoms with Gasteiger partial charge in [-0.3, -0.25) is 0 Å². The van der Waals surface area contributed by atoms with Crippen molar-refractivity contribution in [2.75, 3.05) is 0 Å². The van der Waals surface area contributed by atoms with Crippen molar-refractivity contribution in [2.24, 2.45) is 0 Å². The number of rotatable bonds is 2. The van der Waals surface area contributed by atoms with Crippen molar-refractivity contribution < 1.29 is 4.92 Å². The molecule has 0 saturated heterocycles. The Morgan fingerprint density at radius 3 is 2.92 bits per heavy atom. The number of aromatic nitrogens is 2. The second-order valence-corrected chi connectivity index (χ2v) is 2.75. The largest absolute Gasteiger partial charge is 0.408 e. The number of halogens is 1. The highest BCUT2D eigenvalue weighted by Crippen LogP contribution is 2.22. The maximum atomic E-state index is 10.3. The first kappa shape index (κ1) is 9.48. The molecule has 0 saturated carbocycles. The molecule has 0 fully saturated rings. The maximum Gasteiger partial charge on any atom is 0.408 e. The Labute approximate surface area is 78.5 Å². The third-order valence-corrected chi connectivity index (χ3v) is 1.69. The van der Waals surface area contributed by atoms with Gasteiger partial charge in [-0.2, -0.15) is 9.94 Å². The predicted molar refractivity (Wildman–Crippen MR) is 44.2 cm³/mol. The van der Waals surface area contributed by atoms with Crippen LogP contribution in [0.25, 0.3) is 0 Å². The van der Waals surface area contributed by atoms with Crippen molar-refractivity contribution in [1.82, 2.24) is 9.78 Å². The lowest BCUT2D eigenvalue weighted by Crippen LogP contribution is -2.03. The Bertz CT molecular complexity index is 380. The number of nitrogens with zero attached hydrogens (tertiary/aromatic N) is 4. The van der Waals surface area contributed by atoms with Crippen LogP contribution in [0.5, 0.6) is 0 Å². The Balaban J connectivity index is 3.10. The fourth-order valence-corrected chi connectivity index (χ4v) is 0.948. The minimum Gasteiger partial charge on any atom is -0.358 e. The van der Waals surface area contributed by atoms with E-state index in [2.05, 4.69) is 5.10 Å². The Morgan fingerprint density at radius 1 is 1.92 bits per heavy atom. The molecule has 1 heterocycles. The Kier molecular flexibility index (Phi) is 2.49. The Morgan fingerprint density at radius 2 is 2.54 bits per heavy atom. The maximum absolute atomic E-state index is 10.3. The molecule has 0 spiro atoms. The van der Waals surface area contributed by atoms with Gasteiger partial charge in [0, 0.05) is 0 Å². The van der Waals surface area contributed by atoms with Gasteiger partial charge in [-0.25, -0.2) is 0 Å². The average molecular weight is 201 g/mol. The monoisotopic (exact) mass is 200 g/mol. The smallest absolute Gasteiger partial charge is 0.358 e. The molecular weight excluding hydrogens is 196 g/mol. The molecule has 6 nitrogen and oxygen atoms in total. The van der Waals surface area contributed by atoms with E-state index < -0.39 is 16.8 Å². The molecule has 0 amide bonds. The number of hydrogen-bond donors (Lipinski definition) is 0. The number of nitro groups is 1.